The van der Waals surface area contributed by atoms with Crippen LogP contribution < -0.4 is 10.1 Å². The maximum absolute atomic E-state index is 13.0. The van der Waals surface area contributed by atoms with E-state index in [-0.39, 0.29) is 17.9 Å². The first kappa shape index (κ1) is 21.1. The molecule has 1 fully saturated rings. The summed E-state index contributed by atoms with van der Waals surface area (Å²) >= 11 is 0. The van der Waals surface area contributed by atoms with Crippen LogP contribution in [0.4, 0.5) is 0 Å². The molecule has 6 heteroatoms. The molecule has 3 aromatic rings. The fourth-order valence-electron chi connectivity index (χ4n) is 3.77. The lowest BCUT2D eigenvalue weighted by Crippen LogP contribution is -2.34. The van der Waals surface area contributed by atoms with Crippen molar-refractivity contribution in [2.24, 2.45) is 5.92 Å². The van der Waals surface area contributed by atoms with E-state index in [0.717, 1.165) is 29.2 Å². The number of benzene rings is 2. The van der Waals surface area contributed by atoms with Crippen molar-refractivity contribution in [2.75, 3.05) is 6.61 Å². The molecular formula is C25H30N4O2. The summed E-state index contributed by atoms with van der Waals surface area (Å²) < 4.78 is 7.70. The summed E-state index contributed by atoms with van der Waals surface area (Å²) in [5.41, 5.74) is 2.86. The van der Waals surface area contributed by atoms with E-state index in [1.54, 1.807) is 4.68 Å². The first-order valence-corrected chi connectivity index (χ1v) is 11.0. The Morgan fingerprint density at radius 1 is 1.13 bits per heavy atom. The Hall–Kier alpha value is -3.15. The lowest BCUT2D eigenvalue weighted by atomic mass is 9.86. The van der Waals surface area contributed by atoms with Crippen molar-refractivity contribution >= 4 is 5.91 Å². The zero-order valence-corrected chi connectivity index (χ0v) is 18.2. The number of rotatable bonds is 9. The van der Waals surface area contributed by atoms with Gasteiger partial charge in [0.25, 0.3) is 0 Å². The van der Waals surface area contributed by atoms with Gasteiger partial charge in [-0.3, -0.25) is 4.79 Å². The van der Waals surface area contributed by atoms with E-state index in [9.17, 15) is 4.79 Å². The van der Waals surface area contributed by atoms with E-state index in [1.165, 1.54) is 19.3 Å². The molecule has 6 nitrogen and oxygen atoms in total. The predicted molar refractivity (Wildman–Crippen MR) is 120 cm³/mol. The molecule has 0 saturated heterocycles. The van der Waals surface area contributed by atoms with Crippen LogP contribution in [0.1, 0.15) is 55.0 Å². The highest BCUT2D eigenvalue weighted by molar-refractivity contribution is 5.83. The number of ether oxygens (including phenoxy) is 1. The van der Waals surface area contributed by atoms with E-state index < -0.39 is 0 Å². The predicted octanol–water partition coefficient (Wildman–Crippen LogP) is 4.43. The molecule has 162 valence electrons. The largest absolute Gasteiger partial charge is 0.493 e. The Balaban J connectivity index is 1.47. The normalized spacial score (nSPS) is 15.7. The van der Waals surface area contributed by atoms with Crippen LogP contribution in [0.25, 0.3) is 0 Å². The van der Waals surface area contributed by atoms with Gasteiger partial charge in [-0.15, -0.1) is 5.10 Å². The number of carbonyl (C=O) groups excluding carboxylic acids is 1. The van der Waals surface area contributed by atoms with Crippen molar-refractivity contribution in [2.45, 2.75) is 51.6 Å². The average molecular weight is 419 g/mol. The lowest BCUT2D eigenvalue weighted by Gasteiger charge is -2.25. The van der Waals surface area contributed by atoms with Crippen molar-refractivity contribution in [3.8, 4) is 5.75 Å². The highest BCUT2D eigenvalue weighted by atomic mass is 16.5. The SMILES string of the molecule is Cc1cn(C[C@H](NC(=O)[C@@H](C)c2ccccc2)c2ccc(OCC3CCC3)cc2)nn1. The molecule has 0 unspecified atom stereocenters. The van der Waals surface area contributed by atoms with Crippen LogP contribution in [0.3, 0.4) is 0 Å². The summed E-state index contributed by atoms with van der Waals surface area (Å²) in [6.45, 7) is 5.13. The van der Waals surface area contributed by atoms with Crippen molar-refractivity contribution in [1.29, 1.82) is 0 Å². The van der Waals surface area contributed by atoms with Crippen LogP contribution in [0.5, 0.6) is 5.75 Å². The molecule has 31 heavy (non-hydrogen) atoms. The van der Waals surface area contributed by atoms with Gasteiger partial charge in [0.1, 0.15) is 5.75 Å². The summed E-state index contributed by atoms with van der Waals surface area (Å²) in [4.78, 5) is 13.0. The monoisotopic (exact) mass is 418 g/mol. The minimum atomic E-state index is -0.244. The number of hydrogen-bond acceptors (Lipinski definition) is 4. The number of hydrogen-bond donors (Lipinski definition) is 1. The van der Waals surface area contributed by atoms with Crippen molar-refractivity contribution in [3.05, 3.63) is 77.6 Å². The van der Waals surface area contributed by atoms with E-state index in [1.807, 2.05) is 74.6 Å². The molecule has 4 rings (SSSR count). The molecule has 0 bridgehead atoms. The number of carbonyl (C=O) groups is 1. The van der Waals surface area contributed by atoms with Crippen molar-refractivity contribution in [3.63, 3.8) is 0 Å². The van der Waals surface area contributed by atoms with Crippen LogP contribution in [-0.4, -0.2) is 27.5 Å². The summed E-state index contributed by atoms with van der Waals surface area (Å²) in [7, 11) is 0. The molecule has 2 aromatic carbocycles. The number of nitrogens with zero attached hydrogens (tertiary/aromatic N) is 3. The van der Waals surface area contributed by atoms with Gasteiger partial charge < -0.3 is 10.1 Å². The zero-order valence-electron chi connectivity index (χ0n) is 18.2. The van der Waals surface area contributed by atoms with Crippen molar-refractivity contribution in [1.82, 2.24) is 20.3 Å². The molecule has 1 aliphatic carbocycles. The van der Waals surface area contributed by atoms with Crippen LogP contribution in [0.15, 0.2) is 60.8 Å². The third-order valence-electron chi connectivity index (χ3n) is 6.03. The number of aryl methyl sites for hydroxylation is 1. The van der Waals surface area contributed by atoms with Gasteiger partial charge in [-0.25, -0.2) is 4.68 Å². The topological polar surface area (TPSA) is 69.0 Å². The fourth-order valence-corrected chi connectivity index (χ4v) is 3.77. The van der Waals surface area contributed by atoms with Gasteiger partial charge in [-0.05, 0) is 55.9 Å². The van der Waals surface area contributed by atoms with Crippen molar-refractivity contribution < 1.29 is 9.53 Å². The molecule has 2 atom stereocenters. The van der Waals surface area contributed by atoms with E-state index in [2.05, 4.69) is 15.6 Å². The van der Waals surface area contributed by atoms with Gasteiger partial charge in [0.15, 0.2) is 0 Å². The quantitative estimate of drug-likeness (QED) is 0.558. The highest BCUT2D eigenvalue weighted by Gasteiger charge is 2.22. The van der Waals surface area contributed by atoms with Gasteiger partial charge in [0.2, 0.25) is 5.91 Å². The van der Waals surface area contributed by atoms with Gasteiger partial charge in [0, 0.05) is 6.20 Å². The molecule has 0 aliphatic heterocycles. The molecule has 1 aromatic heterocycles. The number of nitrogens with one attached hydrogen (secondary N) is 1. The second-order valence-corrected chi connectivity index (χ2v) is 8.45. The molecule has 1 aliphatic rings. The van der Waals surface area contributed by atoms with E-state index >= 15 is 0 Å². The van der Waals surface area contributed by atoms with Gasteiger partial charge >= 0.3 is 0 Å². The number of aromatic nitrogens is 3. The maximum atomic E-state index is 13.0. The molecule has 0 radical (unpaired) electrons. The molecule has 1 heterocycles. The second kappa shape index (κ2) is 9.77. The van der Waals surface area contributed by atoms with Crippen LogP contribution >= 0.6 is 0 Å². The zero-order chi connectivity index (χ0) is 21.6. The maximum Gasteiger partial charge on any atom is 0.227 e. The minimum absolute atomic E-state index is 0.0154. The standard InChI is InChI=1S/C25H30N4O2/c1-18-15-29(28-27-18)16-24(26-25(30)19(2)21-9-4-3-5-10-21)22-11-13-23(14-12-22)31-17-20-7-6-8-20/h3-5,9-15,19-20,24H,6-8,16-17H2,1-2H3,(H,26,30)/t19-,24-/m0/s1. The van der Waals surface area contributed by atoms with E-state index in [0.29, 0.717) is 12.5 Å². The first-order chi connectivity index (χ1) is 15.1. The van der Waals surface area contributed by atoms with Gasteiger partial charge in [0.05, 0.1) is 30.8 Å². The molecule has 0 spiro atoms. The smallest absolute Gasteiger partial charge is 0.227 e. The Labute approximate surface area is 183 Å². The third-order valence-corrected chi connectivity index (χ3v) is 6.03. The Bertz CT molecular complexity index is 980. The number of amides is 1. The Kier molecular flexibility index (Phi) is 6.65. The molecular weight excluding hydrogens is 388 g/mol. The van der Waals surface area contributed by atoms with Crippen LogP contribution in [0.2, 0.25) is 0 Å². The average Bonchev–Trinajstić information content (AvgIpc) is 3.17. The van der Waals surface area contributed by atoms with Crippen LogP contribution in [0, 0.1) is 12.8 Å². The molecule has 1 amide bonds. The first-order valence-electron chi connectivity index (χ1n) is 11.0. The summed E-state index contributed by atoms with van der Waals surface area (Å²) in [5, 5.41) is 11.4. The van der Waals surface area contributed by atoms with Gasteiger partial charge in [-0.1, -0.05) is 54.1 Å². The second-order valence-electron chi connectivity index (χ2n) is 8.45. The minimum Gasteiger partial charge on any atom is -0.493 e. The Morgan fingerprint density at radius 2 is 1.87 bits per heavy atom. The molecule has 1 saturated carbocycles. The highest BCUT2D eigenvalue weighted by Crippen LogP contribution is 2.28. The van der Waals surface area contributed by atoms with Crippen LogP contribution in [-0.2, 0) is 11.3 Å². The Morgan fingerprint density at radius 3 is 2.48 bits per heavy atom. The third kappa shape index (κ3) is 5.51. The summed E-state index contributed by atoms with van der Waals surface area (Å²) in [6.07, 6.45) is 5.74. The lowest BCUT2D eigenvalue weighted by molar-refractivity contribution is -0.123. The summed E-state index contributed by atoms with van der Waals surface area (Å²) in [5.74, 6) is 1.31. The fraction of sp³-hybridized carbons (Fsp3) is 0.400. The summed E-state index contributed by atoms with van der Waals surface area (Å²) in [6, 6.07) is 17.6. The van der Waals surface area contributed by atoms with E-state index in [4.69, 9.17) is 4.74 Å². The molecule has 1 N–H and O–H groups in total. The van der Waals surface area contributed by atoms with Gasteiger partial charge in [-0.2, -0.15) is 0 Å².